The molecule has 0 radical (unpaired) electrons. The van der Waals surface area contributed by atoms with Gasteiger partial charge < -0.3 is 14.8 Å². The Morgan fingerprint density at radius 1 is 1.32 bits per heavy atom. The summed E-state index contributed by atoms with van der Waals surface area (Å²) >= 11 is 1.22. The molecular weight excluding hydrogens is 452 g/mol. The number of hydrogen-bond donors (Lipinski definition) is 1. The molecular formula is C17H15N7NaO4PS. The molecule has 11 nitrogen and oxygen atoms in total. The average molecular weight is 467 g/mol. The molecule has 4 aromatic heterocycles. The Labute approximate surface area is 202 Å². The molecule has 1 unspecified atom stereocenters. The zero-order valence-corrected chi connectivity index (χ0v) is 20.5. The van der Waals surface area contributed by atoms with Crippen molar-refractivity contribution in [3.63, 3.8) is 0 Å². The van der Waals surface area contributed by atoms with Crippen LogP contribution < -0.4 is 44.4 Å². The molecule has 4 rings (SSSR count). The number of carbonyl (C=O) groups excluding carboxylic acids is 1. The van der Waals surface area contributed by atoms with E-state index in [1.54, 1.807) is 41.6 Å². The standard InChI is InChI=1S/C17H16N7O4PS.Na/c1-23-9-13(15(22-23)12-5-3-4-6-18-12)20-16(25)14-10-30-17(21-14)11-7-19-24(8-11)28-29(2,26)27;/h3-10H,1-2H3,(H,20,25)(H,26,27);/q;+1/p-1. The van der Waals surface area contributed by atoms with Crippen molar-refractivity contribution in [3.05, 3.63) is 54.1 Å². The summed E-state index contributed by atoms with van der Waals surface area (Å²) in [7, 11) is -2.24. The van der Waals surface area contributed by atoms with Gasteiger partial charge in [-0.3, -0.25) is 19.0 Å². The molecule has 4 aromatic rings. The van der Waals surface area contributed by atoms with E-state index < -0.39 is 13.5 Å². The summed E-state index contributed by atoms with van der Waals surface area (Å²) in [5, 5.41) is 13.1. The second-order valence-electron chi connectivity index (χ2n) is 6.26. The Kier molecular flexibility index (Phi) is 7.10. The molecule has 0 fully saturated rings. The molecule has 0 bridgehead atoms. The van der Waals surface area contributed by atoms with E-state index in [1.165, 1.54) is 23.7 Å². The molecule has 0 saturated heterocycles. The van der Waals surface area contributed by atoms with Gasteiger partial charge in [0.1, 0.15) is 16.4 Å². The van der Waals surface area contributed by atoms with Crippen LogP contribution in [0.1, 0.15) is 10.5 Å². The van der Waals surface area contributed by atoms with Crippen molar-refractivity contribution in [2.45, 2.75) is 0 Å². The number of aryl methyl sites for hydroxylation is 1. The molecule has 31 heavy (non-hydrogen) atoms. The summed E-state index contributed by atoms with van der Waals surface area (Å²) in [5.74, 6) is -0.413. The molecule has 0 aliphatic rings. The molecule has 14 heteroatoms. The summed E-state index contributed by atoms with van der Waals surface area (Å²) in [6.45, 7) is 0.942. The minimum absolute atomic E-state index is 0. The van der Waals surface area contributed by atoms with Gasteiger partial charge in [-0.25, -0.2) is 4.98 Å². The fourth-order valence-electron chi connectivity index (χ4n) is 2.58. The predicted octanol–water partition coefficient (Wildman–Crippen LogP) is -1.33. The van der Waals surface area contributed by atoms with Crippen LogP contribution in [0, 0.1) is 0 Å². The molecule has 0 aromatic carbocycles. The van der Waals surface area contributed by atoms with Crippen LogP contribution in [0.5, 0.6) is 0 Å². The third kappa shape index (κ3) is 5.67. The van der Waals surface area contributed by atoms with Gasteiger partial charge in [0.25, 0.3) is 5.91 Å². The van der Waals surface area contributed by atoms with E-state index in [9.17, 15) is 14.3 Å². The van der Waals surface area contributed by atoms with Crippen LogP contribution in [0.2, 0.25) is 0 Å². The van der Waals surface area contributed by atoms with Crippen molar-refractivity contribution >= 4 is 30.5 Å². The fraction of sp³-hybridized carbons (Fsp3) is 0.118. The second-order valence-corrected chi connectivity index (χ2v) is 8.82. The Balaban J connectivity index is 0.00000272. The van der Waals surface area contributed by atoms with Crippen molar-refractivity contribution in [2.75, 3.05) is 12.0 Å². The van der Waals surface area contributed by atoms with E-state index in [4.69, 9.17) is 0 Å². The van der Waals surface area contributed by atoms with Gasteiger partial charge in [-0.05, 0) is 12.1 Å². The minimum Gasteiger partial charge on any atom is -0.767 e. The van der Waals surface area contributed by atoms with E-state index in [0.717, 1.165) is 11.5 Å². The maximum atomic E-state index is 12.7. The van der Waals surface area contributed by atoms with Crippen LogP contribution in [0.3, 0.4) is 0 Å². The largest absolute Gasteiger partial charge is 1.00 e. The third-order valence-corrected chi connectivity index (χ3v) is 5.12. The molecule has 0 spiro atoms. The molecule has 1 amide bonds. The molecule has 1 N–H and O–H groups in total. The zero-order chi connectivity index (χ0) is 21.3. The van der Waals surface area contributed by atoms with Crippen LogP contribution in [0.25, 0.3) is 22.0 Å². The van der Waals surface area contributed by atoms with Gasteiger partial charge in [-0.15, -0.1) is 21.3 Å². The predicted molar refractivity (Wildman–Crippen MR) is 108 cm³/mol. The SMILES string of the molecule is Cn1cc(NC(=O)c2csc(-c3cnn(OP(C)(=O)[O-])c3)n2)c(-c2ccccn2)n1.[Na+]. The summed E-state index contributed by atoms with van der Waals surface area (Å²) in [5.41, 5.74) is 2.40. The van der Waals surface area contributed by atoms with Gasteiger partial charge in [-0.1, -0.05) is 6.07 Å². The molecule has 0 aliphatic carbocycles. The van der Waals surface area contributed by atoms with E-state index in [1.807, 2.05) is 6.07 Å². The number of amides is 1. The summed E-state index contributed by atoms with van der Waals surface area (Å²) in [6.07, 6.45) is 6.10. The monoisotopic (exact) mass is 467 g/mol. The number of thiazole rings is 1. The van der Waals surface area contributed by atoms with E-state index in [-0.39, 0.29) is 35.3 Å². The Morgan fingerprint density at radius 2 is 2.13 bits per heavy atom. The third-order valence-electron chi connectivity index (χ3n) is 3.76. The molecule has 0 aliphatic heterocycles. The molecule has 0 saturated carbocycles. The number of hydrogen-bond acceptors (Lipinski definition) is 9. The average Bonchev–Trinajstić information content (AvgIpc) is 3.41. The maximum Gasteiger partial charge on any atom is 1.00 e. The quantitative estimate of drug-likeness (QED) is 0.272. The van der Waals surface area contributed by atoms with Gasteiger partial charge >= 0.3 is 29.6 Å². The van der Waals surface area contributed by atoms with Crippen molar-refractivity contribution in [2.24, 2.45) is 7.05 Å². The van der Waals surface area contributed by atoms with Crippen molar-refractivity contribution in [3.8, 4) is 22.0 Å². The van der Waals surface area contributed by atoms with Crippen LogP contribution in [0.4, 0.5) is 5.69 Å². The summed E-state index contributed by atoms with van der Waals surface area (Å²) < 4.78 is 17.5. The van der Waals surface area contributed by atoms with Gasteiger partial charge in [-0.2, -0.15) is 5.10 Å². The van der Waals surface area contributed by atoms with Crippen LogP contribution in [0.15, 0.2) is 48.4 Å². The number of pyridine rings is 1. The van der Waals surface area contributed by atoms with Gasteiger partial charge in [0.15, 0.2) is 0 Å². The smallest absolute Gasteiger partial charge is 0.767 e. The number of rotatable bonds is 6. The van der Waals surface area contributed by atoms with E-state index in [0.29, 0.717) is 27.6 Å². The number of nitrogens with zero attached hydrogens (tertiary/aromatic N) is 6. The summed E-state index contributed by atoms with van der Waals surface area (Å²) in [4.78, 5) is 33.3. The van der Waals surface area contributed by atoms with Crippen molar-refractivity contribution in [1.82, 2.24) is 29.7 Å². The second kappa shape index (κ2) is 9.43. The first kappa shape index (κ1) is 23.3. The van der Waals surface area contributed by atoms with Gasteiger partial charge in [0, 0.05) is 31.5 Å². The first-order chi connectivity index (χ1) is 14.3. The van der Waals surface area contributed by atoms with Crippen molar-refractivity contribution < 1.29 is 48.4 Å². The van der Waals surface area contributed by atoms with Gasteiger partial charge in [0.2, 0.25) is 7.60 Å². The maximum absolute atomic E-state index is 12.7. The molecule has 1 atom stereocenters. The van der Waals surface area contributed by atoms with Crippen LogP contribution in [-0.2, 0) is 11.6 Å². The Bertz CT molecular complexity index is 1250. The van der Waals surface area contributed by atoms with E-state index >= 15 is 0 Å². The van der Waals surface area contributed by atoms with Crippen LogP contribution in [-0.4, -0.2) is 42.3 Å². The number of anilines is 1. The zero-order valence-electron chi connectivity index (χ0n) is 16.8. The normalized spacial score (nSPS) is 12.6. The van der Waals surface area contributed by atoms with Gasteiger partial charge in [0.05, 0.1) is 29.3 Å². The summed E-state index contributed by atoms with van der Waals surface area (Å²) in [6, 6.07) is 5.43. The van der Waals surface area contributed by atoms with Crippen molar-refractivity contribution in [1.29, 1.82) is 0 Å². The minimum atomic E-state index is -3.99. The Morgan fingerprint density at radius 3 is 2.84 bits per heavy atom. The van der Waals surface area contributed by atoms with Crippen LogP contribution >= 0.6 is 18.9 Å². The molecule has 154 valence electrons. The fourth-order valence-corrected chi connectivity index (χ4v) is 3.75. The number of nitrogens with one attached hydrogen (secondary N) is 1. The Hall–Kier alpha value is -2.34. The first-order valence-electron chi connectivity index (χ1n) is 8.54. The molecule has 4 heterocycles. The van der Waals surface area contributed by atoms with E-state index in [2.05, 4.69) is 30.1 Å². The topological polar surface area (TPSA) is 140 Å². The first-order valence-corrected chi connectivity index (χ1v) is 11.4. The number of aromatic nitrogens is 6. The number of carbonyl (C=O) groups is 1.